The number of benzene rings is 2. The third-order valence-electron chi connectivity index (χ3n) is 3.85. The minimum Gasteiger partial charge on any atom is -0.494 e. The number of nitrogens with one attached hydrogen (secondary N) is 4. The van der Waals surface area contributed by atoms with Crippen molar-refractivity contribution in [3.8, 4) is 11.5 Å². The summed E-state index contributed by atoms with van der Waals surface area (Å²) in [6.07, 6.45) is -0.108. The number of amides is 3. The van der Waals surface area contributed by atoms with Crippen LogP contribution in [-0.2, 0) is 14.4 Å². The van der Waals surface area contributed by atoms with Gasteiger partial charge in [0.15, 0.2) is 11.7 Å². The quantitative estimate of drug-likeness (QED) is 0.257. The van der Waals surface area contributed by atoms with E-state index in [0.717, 1.165) is 4.47 Å². The summed E-state index contributed by atoms with van der Waals surface area (Å²) in [5.41, 5.74) is 5.33. The Morgan fingerprint density at radius 2 is 1.61 bits per heavy atom. The smallest absolute Gasteiger partial charge is 0.264 e. The summed E-state index contributed by atoms with van der Waals surface area (Å²) < 4.78 is 12.3. The van der Waals surface area contributed by atoms with Crippen LogP contribution >= 0.6 is 44.1 Å². The van der Waals surface area contributed by atoms with Crippen LogP contribution in [0.5, 0.6) is 11.5 Å². The Kier molecular flexibility index (Phi) is 11.1. The van der Waals surface area contributed by atoms with E-state index in [9.17, 15) is 14.4 Å². The number of ether oxygens (including phenoxy) is 2. The van der Waals surface area contributed by atoms with E-state index in [1.165, 1.54) is 0 Å². The first kappa shape index (κ1) is 26.6. The number of rotatable bonds is 9. The molecule has 2 aromatic rings. The summed E-state index contributed by atoms with van der Waals surface area (Å²) in [4.78, 5) is 35.8. The Bertz CT molecular complexity index is 1000. The molecule has 2 rings (SSSR count). The van der Waals surface area contributed by atoms with Crippen molar-refractivity contribution in [1.29, 1.82) is 0 Å². The van der Waals surface area contributed by atoms with Gasteiger partial charge in [0, 0.05) is 23.0 Å². The number of hydrazine groups is 1. The van der Waals surface area contributed by atoms with Crippen molar-refractivity contribution in [2.24, 2.45) is 0 Å². The van der Waals surface area contributed by atoms with E-state index < -0.39 is 11.8 Å². The molecule has 0 spiro atoms. The maximum absolute atomic E-state index is 12.0. The lowest BCUT2D eigenvalue weighted by Crippen LogP contribution is -2.49. The van der Waals surface area contributed by atoms with Crippen molar-refractivity contribution >= 4 is 72.6 Å². The van der Waals surface area contributed by atoms with Crippen LogP contribution in [0.4, 0.5) is 5.69 Å². The summed E-state index contributed by atoms with van der Waals surface area (Å²) in [6, 6.07) is 12.2. The molecule has 0 aliphatic carbocycles. The summed E-state index contributed by atoms with van der Waals surface area (Å²) >= 11 is 11.6. The lowest BCUT2D eigenvalue weighted by molar-refractivity contribution is -0.125. The number of hydrogen-bond donors (Lipinski definition) is 4. The molecule has 0 fully saturated rings. The molecular formula is C21H22Br2N4O5S. The molecule has 3 amide bonds. The SMILES string of the molecule is CCOc1ccc(NC(=O)CCC(=O)NNC(=S)NC(=O)COc2ccc(Br)cc2Br)cc1. The van der Waals surface area contributed by atoms with Crippen LogP contribution in [-0.4, -0.2) is 36.0 Å². The van der Waals surface area contributed by atoms with Crippen LogP contribution < -0.4 is 31.0 Å². The van der Waals surface area contributed by atoms with Gasteiger partial charge in [-0.2, -0.15) is 0 Å². The van der Waals surface area contributed by atoms with E-state index in [2.05, 4.69) is 53.3 Å². The fraction of sp³-hybridized carbons (Fsp3) is 0.238. The highest BCUT2D eigenvalue weighted by Gasteiger charge is 2.10. The minimum atomic E-state index is -0.508. The van der Waals surface area contributed by atoms with E-state index in [1.807, 2.05) is 6.92 Å². The number of carbonyl (C=O) groups is 3. The maximum Gasteiger partial charge on any atom is 0.264 e. The molecule has 176 valence electrons. The molecule has 0 unspecified atom stereocenters. The van der Waals surface area contributed by atoms with E-state index in [0.29, 0.717) is 28.3 Å². The minimum absolute atomic E-state index is 0.0320. The van der Waals surface area contributed by atoms with Gasteiger partial charge in [0.1, 0.15) is 11.5 Å². The van der Waals surface area contributed by atoms with Crippen molar-refractivity contribution < 1.29 is 23.9 Å². The molecule has 0 atom stereocenters. The lowest BCUT2D eigenvalue weighted by Gasteiger charge is -2.12. The van der Waals surface area contributed by atoms with Crippen molar-refractivity contribution in [3.05, 3.63) is 51.4 Å². The topological polar surface area (TPSA) is 118 Å². The molecule has 0 aliphatic rings. The normalized spacial score (nSPS) is 10.0. The van der Waals surface area contributed by atoms with Crippen molar-refractivity contribution in [2.75, 3.05) is 18.5 Å². The first-order valence-electron chi connectivity index (χ1n) is 9.76. The van der Waals surface area contributed by atoms with Gasteiger partial charge in [0.2, 0.25) is 11.8 Å². The molecule has 4 N–H and O–H groups in total. The van der Waals surface area contributed by atoms with Crippen LogP contribution in [0.15, 0.2) is 51.4 Å². The molecular weight excluding hydrogens is 580 g/mol. The fourth-order valence-electron chi connectivity index (χ4n) is 2.37. The van der Waals surface area contributed by atoms with Gasteiger partial charge in [-0.25, -0.2) is 0 Å². The first-order chi connectivity index (χ1) is 15.8. The van der Waals surface area contributed by atoms with Crippen LogP contribution in [0.1, 0.15) is 19.8 Å². The number of carbonyl (C=O) groups excluding carboxylic acids is 3. The third kappa shape index (κ3) is 10.2. The summed E-state index contributed by atoms with van der Waals surface area (Å²) in [7, 11) is 0. The highest BCUT2D eigenvalue weighted by atomic mass is 79.9. The van der Waals surface area contributed by atoms with E-state index >= 15 is 0 Å². The van der Waals surface area contributed by atoms with Gasteiger partial charge in [0.25, 0.3) is 5.91 Å². The standard InChI is InChI=1S/C21H22Br2N4O5S/c1-2-31-15-6-4-14(5-7-15)24-18(28)9-10-19(29)26-27-21(33)25-20(30)12-32-17-8-3-13(22)11-16(17)23/h3-8,11H,2,9-10,12H2,1H3,(H,24,28)(H,26,29)(H2,25,27,30,33). The summed E-state index contributed by atoms with van der Waals surface area (Å²) in [6.45, 7) is 2.16. The third-order valence-corrected chi connectivity index (χ3v) is 5.17. The summed E-state index contributed by atoms with van der Waals surface area (Å²) in [5.74, 6) is -0.1000. The Balaban J connectivity index is 1.63. The molecule has 0 heterocycles. The summed E-state index contributed by atoms with van der Waals surface area (Å²) in [5, 5.41) is 4.96. The lowest BCUT2D eigenvalue weighted by atomic mass is 10.2. The zero-order valence-electron chi connectivity index (χ0n) is 17.6. The van der Waals surface area contributed by atoms with E-state index in [1.54, 1.807) is 42.5 Å². The van der Waals surface area contributed by atoms with Gasteiger partial charge >= 0.3 is 0 Å². The number of halogens is 2. The van der Waals surface area contributed by atoms with Crippen LogP contribution in [0.2, 0.25) is 0 Å². The van der Waals surface area contributed by atoms with Gasteiger partial charge in [-0.15, -0.1) is 0 Å². The molecule has 2 aromatic carbocycles. The zero-order chi connectivity index (χ0) is 24.2. The largest absolute Gasteiger partial charge is 0.494 e. The molecule has 0 saturated heterocycles. The van der Waals surface area contributed by atoms with Gasteiger partial charge < -0.3 is 14.8 Å². The Hall–Kier alpha value is -2.70. The van der Waals surface area contributed by atoms with Crippen LogP contribution in [0.3, 0.4) is 0 Å². The molecule has 0 aromatic heterocycles. The predicted molar refractivity (Wildman–Crippen MR) is 135 cm³/mol. The second-order valence-corrected chi connectivity index (χ2v) is 8.60. The molecule has 0 bridgehead atoms. The Labute approximate surface area is 213 Å². The maximum atomic E-state index is 12.0. The first-order valence-corrected chi connectivity index (χ1v) is 11.8. The van der Waals surface area contributed by atoms with Gasteiger partial charge in [-0.1, -0.05) is 15.9 Å². The van der Waals surface area contributed by atoms with E-state index in [4.69, 9.17) is 21.7 Å². The number of thiocarbonyl (C=S) groups is 1. The van der Waals surface area contributed by atoms with Gasteiger partial charge in [-0.3, -0.25) is 30.6 Å². The number of anilines is 1. The molecule has 33 heavy (non-hydrogen) atoms. The number of hydrogen-bond acceptors (Lipinski definition) is 6. The highest BCUT2D eigenvalue weighted by molar-refractivity contribution is 9.11. The second-order valence-electron chi connectivity index (χ2n) is 6.42. The Morgan fingerprint density at radius 3 is 2.27 bits per heavy atom. The molecule has 0 saturated carbocycles. The van der Waals surface area contributed by atoms with Crippen LogP contribution in [0.25, 0.3) is 0 Å². The Morgan fingerprint density at radius 1 is 0.909 bits per heavy atom. The van der Waals surface area contributed by atoms with E-state index in [-0.39, 0.29) is 30.5 Å². The fourth-order valence-corrected chi connectivity index (χ4v) is 3.70. The van der Waals surface area contributed by atoms with Crippen molar-refractivity contribution in [2.45, 2.75) is 19.8 Å². The monoisotopic (exact) mass is 600 g/mol. The van der Waals surface area contributed by atoms with Crippen LogP contribution in [0, 0.1) is 0 Å². The molecule has 0 aliphatic heterocycles. The average Bonchev–Trinajstić information content (AvgIpc) is 2.77. The zero-order valence-corrected chi connectivity index (χ0v) is 21.6. The average molecular weight is 602 g/mol. The predicted octanol–water partition coefficient (Wildman–Crippen LogP) is 3.43. The molecule has 12 heteroatoms. The molecule has 9 nitrogen and oxygen atoms in total. The van der Waals surface area contributed by atoms with Crippen molar-refractivity contribution in [1.82, 2.24) is 16.2 Å². The van der Waals surface area contributed by atoms with Gasteiger partial charge in [-0.05, 0) is 77.5 Å². The van der Waals surface area contributed by atoms with Gasteiger partial charge in [0.05, 0.1) is 11.1 Å². The highest BCUT2D eigenvalue weighted by Crippen LogP contribution is 2.28. The molecule has 0 radical (unpaired) electrons. The second kappa shape index (κ2) is 13.8. The van der Waals surface area contributed by atoms with Crippen molar-refractivity contribution in [3.63, 3.8) is 0 Å².